The minimum Gasteiger partial charge on any atom is -0.443 e. The topological polar surface area (TPSA) is 75.2 Å². The predicted octanol–water partition coefficient (Wildman–Crippen LogP) is 4.61. The molecular formula is C23H39IN4O3. The number of halogens is 1. The van der Waals surface area contributed by atoms with Gasteiger partial charge < -0.3 is 20.1 Å². The molecule has 0 spiro atoms. The number of nitrogens with zero attached hydrogens (tertiary/aromatic N) is 2. The van der Waals surface area contributed by atoms with Crippen LogP contribution in [0.3, 0.4) is 0 Å². The molecule has 1 amide bonds. The second-order valence-electron chi connectivity index (χ2n) is 9.45. The molecule has 2 rings (SSSR count). The van der Waals surface area contributed by atoms with Crippen LogP contribution < -0.4 is 15.5 Å². The maximum Gasteiger partial charge on any atom is 0.415 e. The van der Waals surface area contributed by atoms with Gasteiger partial charge in [-0.05, 0) is 71.6 Å². The summed E-state index contributed by atoms with van der Waals surface area (Å²) < 4.78 is 11.1. The van der Waals surface area contributed by atoms with E-state index >= 15 is 0 Å². The number of ether oxygens (including phenoxy) is 2. The highest BCUT2D eigenvalue weighted by molar-refractivity contribution is 14.0. The van der Waals surface area contributed by atoms with E-state index in [1.165, 1.54) is 0 Å². The molecule has 1 aliphatic carbocycles. The molecule has 2 N–H and O–H groups in total. The lowest BCUT2D eigenvalue weighted by atomic mass is 10.1. The normalized spacial score (nSPS) is 14.5. The van der Waals surface area contributed by atoms with E-state index in [1.807, 2.05) is 58.6 Å². The molecular weight excluding hydrogens is 507 g/mol. The molecule has 0 aliphatic heterocycles. The molecule has 0 saturated heterocycles. The van der Waals surface area contributed by atoms with Crippen LogP contribution in [0.1, 0.15) is 58.6 Å². The summed E-state index contributed by atoms with van der Waals surface area (Å²) >= 11 is 0. The molecule has 0 heterocycles. The lowest BCUT2D eigenvalue weighted by Gasteiger charge is -2.28. The van der Waals surface area contributed by atoms with Crippen LogP contribution in [-0.4, -0.2) is 50.0 Å². The molecule has 31 heavy (non-hydrogen) atoms. The van der Waals surface area contributed by atoms with E-state index in [2.05, 4.69) is 21.7 Å². The fraction of sp³-hybridized carbons (Fsp3) is 0.652. The SMILES string of the molecule is CN=C(NCc1ccc(N(C(=O)OC(C)(C)C)C2CC2)c(C)c1)NCC(C)(C)OC.I. The average Bonchev–Trinajstić information content (AvgIpc) is 3.47. The summed E-state index contributed by atoms with van der Waals surface area (Å²) in [5.74, 6) is 0.718. The minimum absolute atomic E-state index is 0. The number of hydrogen-bond acceptors (Lipinski definition) is 4. The Morgan fingerprint density at radius 1 is 1.19 bits per heavy atom. The fourth-order valence-corrected chi connectivity index (χ4v) is 2.96. The molecule has 1 aromatic rings. The monoisotopic (exact) mass is 546 g/mol. The van der Waals surface area contributed by atoms with E-state index in [9.17, 15) is 4.79 Å². The second-order valence-corrected chi connectivity index (χ2v) is 9.45. The van der Waals surface area contributed by atoms with Crippen molar-refractivity contribution in [3.63, 3.8) is 0 Å². The highest BCUT2D eigenvalue weighted by Gasteiger charge is 2.37. The predicted molar refractivity (Wildman–Crippen MR) is 138 cm³/mol. The van der Waals surface area contributed by atoms with Gasteiger partial charge in [0.1, 0.15) is 5.60 Å². The standard InChI is InChI=1S/C23H38N4O3.HI/c1-16-13-17(14-25-20(24-7)26-15-23(5,6)29-8)9-12-19(16)27(18-10-11-18)21(28)30-22(2,3)4;/h9,12-13,18H,10-11,14-15H2,1-8H3,(H2,24,25,26);1H. The number of benzene rings is 1. The maximum absolute atomic E-state index is 12.8. The largest absolute Gasteiger partial charge is 0.443 e. The number of anilines is 1. The van der Waals surface area contributed by atoms with Crippen LogP contribution in [-0.2, 0) is 16.0 Å². The van der Waals surface area contributed by atoms with Crippen LogP contribution >= 0.6 is 24.0 Å². The van der Waals surface area contributed by atoms with Crippen molar-refractivity contribution in [2.24, 2.45) is 4.99 Å². The minimum atomic E-state index is -0.512. The van der Waals surface area contributed by atoms with Gasteiger partial charge in [-0.1, -0.05) is 12.1 Å². The third-order valence-electron chi connectivity index (χ3n) is 4.94. The Bertz CT molecular complexity index is 771. The van der Waals surface area contributed by atoms with Crippen molar-refractivity contribution in [2.75, 3.05) is 25.6 Å². The Hall–Kier alpha value is -1.55. The van der Waals surface area contributed by atoms with E-state index in [1.54, 1.807) is 14.2 Å². The van der Waals surface area contributed by atoms with Gasteiger partial charge in [-0.25, -0.2) is 4.79 Å². The van der Waals surface area contributed by atoms with Crippen molar-refractivity contribution < 1.29 is 14.3 Å². The first kappa shape index (κ1) is 27.5. The zero-order valence-corrected chi connectivity index (χ0v) is 22.5. The molecule has 0 unspecified atom stereocenters. The molecule has 1 aromatic carbocycles. The summed E-state index contributed by atoms with van der Waals surface area (Å²) in [6.07, 6.45) is 1.76. The van der Waals surface area contributed by atoms with Crippen LogP contribution in [0, 0.1) is 6.92 Å². The molecule has 0 bridgehead atoms. The molecule has 0 radical (unpaired) electrons. The van der Waals surface area contributed by atoms with E-state index in [-0.39, 0.29) is 41.7 Å². The van der Waals surface area contributed by atoms with E-state index in [0.717, 1.165) is 35.6 Å². The molecule has 8 heteroatoms. The number of nitrogens with one attached hydrogen (secondary N) is 2. The molecule has 176 valence electrons. The third kappa shape index (κ3) is 8.84. The number of rotatable bonds is 7. The number of methoxy groups -OCH3 is 1. The molecule has 1 fully saturated rings. The Morgan fingerprint density at radius 3 is 2.32 bits per heavy atom. The van der Waals surface area contributed by atoms with E-state index in [0.29, 0.717) is 13.1 Å². The van der Waals surface area contributed by atoms with Crippen LogP contribution in [0.15, 0.2) is 23.2 Å². The first-order valence-electron chi connectivity index (χ1n) is 10.6. The molecule has 7 nitrogen and oxygen atoms in total. The van der Waals surface area contributed by atoms with Crippen molar-refractivity contribution >= 4 is 41.7 Å². The molecule has 0 aromatic heterocycles. The Balaban J connectivity index is 0.00000480. The van der Waals surface area contributed by atoms with Gasteiger partial charge in [0.25, 0.3) is 0 Å². The number of carbonyl (C=O) groups excluding carboxylic acids is 1. The van der Waals surface area contributed by atoms with Gasteiger partial charge in [-0.15, -0.1) is 24.0 Å². The molecule has 1 saturated carbocycles. The quantitative estimate of drug-likeness (QED) is 0.297. The number of amides is 1. The maximum atomic E-state index is 12.8. The highest BCUT2D eigenvalue weighted by Crippen LogP contribution is 2.35. The van der Waals surface area contributed by atoms with Crippen LogP contribution in [0.25, 0.3) is 0 Å². The van der Waals surface area contributed by atoms with Crippen molar-refractivity contribution in [1.29, 1.82) is 0 Å². The number of guanidine groups is 1. The smallest absolute Gasteiger partial charge is 0.415 e. The molecule has 1 aliphatic rings. The summed E-state index contributed by atoms with van der Waals surface area (Å²) in [4.78, 5) is 18.8. The van der Waals surface area contributed by atoms with Crippen molar-refractivity contribution in [3.8, 4) is 0 Å². The van der Waals surface area contributed by atoms with Gasteiger partial charge in [-0.2, -0.15) is 0 Å². The lowest BCUT2D eigenvalue weighted by molar-refractivity contribution is 0.0268. The molecule has 0 atom stereocenters. The zero-order chi connectivity index (χ0) is 22.5. The van der Waals surface area contributed by atoms with Crippen LogP contribution in [0.4, 0.5) is 10.5 Å². The lowest BCUT2D eigenvalue weighted by Crippen LogP contribution is -2.45. The first-order chi connectivity index (χ1) is 14.0. The van der Waals surface area contributed by atoms with Gasteiger partial charge in [-0.3, -0.25) is 9.89 Å². The Labute approximate surface area is 204 Å². The van der Waals surface area contributed by atoms with Crippen molar-refractivity contribution in [1.82, 2.24) is 10.6 Å². The summed E-state index contributed by atoms with van der Waals surface area (Å²) in [6, 6.07) is 6.39. The van der Waals surface area contributed by atoms with E-state index in [4.69, 9.17) is 9.47 Å². The second kappa shape index (κ2) is 11.4. The van der Waals surface area contributed by atoms with Crippen molar-refractivity contribution in [2.45, 2.75) is 78.2 Å². The van der Waals surface area contributed by atoms with Crippen molar-refractivity contribution in [3.05, 3.63) is 29.3 Å². The van der Waals surface area contributed by atoms with Gasteiger partial charge in [0.15, 0.2) is 5.96 Å². The number of aryl methyl sites for hydroxylation is 1. The van der Waals surface area contributed by atoms with Gasteiger partial charge >= 0.3 is 6.09 Å². The summed E-state index contributed by atoms with van der Waals surface area (Å²) in [5.41, 5.74) is 2.30. The van der Waals surface area contributed by atoms with Gasteiger partial charge in [0.05, 0.1) is 11.3 Å². The fourth-order valence-electron chi connectivity index (χ4n) is 2.96. The first-order valence-corrected chi connectivity index (χ1v) is 10.6. The summed E-state index contributed by atoms with van der Waals surface area (Å²) in [6.45, 7) is 13.0. The number of carbonyl (C=O) groups is 1. The average molecular weight is 546 g/mol. The highest BCUT2D eigenvalue weighted by atomic mass is 127. The van der Waals surface area contributed by atoms with E-state index < -0.39 is 5.60 Å². The Morgan fingerprint density at radius 2 is 1.84 bits per heavy atom. The summed E-state index contributed by atoms with van der Waals surface area (Å²) in [7, 11) is 3.45. The zero-order valence-electron chi connectivity index (χ0n) is 20.2. The number of aliphatic imine (C=N–C) groups is 1. The third-order valence-corrected chi connectivity index (χ3v) is 4.94. The van der Waals surface area contributed by atoms with Gasteiger partial charge in [0, 0.05) is 33.3 Å². The van der Waals surface area contributed by atoms with Gasteiger partial charge in [0.2, 0.25) is 0 Å². The summed E-state index contributed by atoms with van der Waals surface area (Å²) in [5, 5.41) is 6.60. The van der Waals surface area contributed by atoms with Crippen LogP contribution in [0.2, 0.25) is 0 Å². The van der Waals surface area contributed by atoms with Crippen LogP contribution in [0.5, 0.6) is 0 Å². The number of hydrogen-bond donors (Lipinski definition) is 2. The Kier molecular flexibility index (Phi) is 10.1.